The number of anilines is 1. The molecule has 0 spiro atoms. The smallest absolute Gasteiger partial charge is 0.243 e. The lowest BCUT2D eigenvalue weighted by molar-refractivity contribution is -0.129. The zero-order valence-electron chi connectivity index (χ0n) is 13.8. The molecule has 1 aliphatic heterocycles. The van der Waals surface area contributed by atoms with Gasteiger partial charge in [0.15, 0.2) is 5.78 Å². The largest absolute Gasteiger partial charge is 0.344 e. The number of hydroxylamine groups is 1. The third-order valence-corrected chi connectivity index (χ3v) is 4.02. The summed E-state index contributed by atoms with van der Waals surface area (Å²) in [5.41, 5.74) is 3.44. The Kier molecular flexibility index (Phi) is 7.23. The van der Waals surface area contributed by atoms with Crippen LogP contribution in [0.2, 0.25) is 0 Å². The lowest BCUT2D eigenvalue weighted by Crippen LogP contribution is -2.17. The molecule has 24 heavy (non-hydrogen) atoms. The van der Waals surface area contributed by atoms with Crippen molar-refractivity contribution in [1.82, 2.24) is 5.48 Å². The lowest BCUT2D eigenvalue weighted by Gasteiger charge is -2.20. The quantitative estimate of drug-likeness (QED) is 0.314. The van der Waals surface area contributed by atoms with Gasteiger partial charge in [-0.1, -0.05) is 25.0 Å². The summed E-state index contributed by atoms with van der Waals surface area (Å²) in [6, 6.07) is 7.72. The van der Waals surface area contributed by atoms with Gasteiger partial charge >= 0.3 is 0 Å². The van der Waals surface area contributed by atoms with Crippen LogP contribution in [0.25, 0.3) is 0 Å². The first-order valence-electron chi connectivity index (χ1n) is 8.37. The Labute approximate surface area is 142 Å². The maximum atomic E-state index is 12.2. The van der Waals surface area contributed by atoms with Gasteiger partial charge in [0, 0.05) is 36.8 Å². The predicted octanol–water partition coefficient (Wildman–Crippen LogP) is 3.61. The molecule has 0 aliphatic carbocycles. The van der Waals surface area contributed by atoms with E-state index in [0.717, 1.165) is 43.5 Å². The maximum absolute atomic E-state index is 12.2. The fourth-order valence-corrected chi connectivity index (χ4v) is 2.62. The van der Waals surface area contributed by atoms with Crippen molar-refractivity contribution in [2.75, 3.05) is 11.4 Å². The summed E-state index contributed by atoms with van der Waals surface area (Å²) in [4.78, 5) is 25.2. The van der Waals surface area contributed by atoms with Gasteiger partial charge in [-0.15, -0.1) is 0 Å². The van der Waals surface area contributed by atoms with E-state index in [1.54, 1.807) is 5.48 Å². The van der Waals surface area contributed by atoms with Crippen molar-refractivity contribution in [2.45, 2.75) is 38.5 Å². The van der Waals surface area contributed by atoms with Gasteiger partial charge in [0.1, 0.15) is 0 Å². The van der Waals surface area contributed by atoms with Crippen LogP contribution in [0.3, 0.4) is 0 Å². The normalized spacial score (nSPS) is 13.1. The fraction of sp³-hybridized carbons (Fsp3) is 0.368. The number of benzene rings is 1. The number of allylic oxidation sites excluding steroid dienone is 2. The molecule has 2 rings (SSSR count). The molecule has 128 valence electrons. The van der Waals surface area contributed by atoms with Crippen LogP contribution in [0.5, 0.6) is 0 Å². The number of nitrogens with zero attached hydrogens (tertiary/aromatic N) is 1. The first kappa shape index (κ1) is 17.9. The molecule has 0 radical (unpaired) electrons. The van der Waals surface area contributed by atoms with E-state index in [0.29, 0.717) is 12.8 Å². The van der Waals surface area contributed by atoms with E-state index in [1.165, 1.54) is 0 Å². The van der Waals surface area contributed by atoms with Gasteiger partial charge < -0.3 is 4.90 Å². The molecule has 0 unspecified atom stereocenters. The molecule has 0 saturated carbocycles. The highest BCUT2D eigenvalue weighted by molar-refractivity contribution is 5.96. The van der Waals surface area contributed by atoms with Gasteiger partial charge in [-0.05, 0) is 43.2 Å². The van der Waals surface area contributed by atoms with Crippen LogP contribution in [-0.2, 0) is 4.79 Å². The Morgan fingerprint density at radius 2 is 1.71 bits per heavy atom. The van der Waals surface area contributed by atoms with E-state index < -0.39 is 0 Å². The molecule has 1 heterocycles. The lowest BCUT2D eigenvalue weighted by atomic mass is 10.0. The number of carbonyl (C=O) groups excluding carboxylic acids is 2. The Morgan fingerprint density at radius 1 is 1.00 bits per heavy atom. The molecular weight excluding hydrogens is 304 g/mol. The number of ketones is 1. The molecule has 0 aromatic heterocycles. The third kappa shape index (κ3) is 5.66. The highest BCUT2D eigenvalue weighted by Crippen LogP contribution is 2.18. The second-order valence-electron chi connectivity index (χ2n) is 5.84. The third-order valence-electron chi connectivity index (χ3n) is 4.02. The Hall–Kier alpha value is -2.40. The number of hydrogen-bond acceptors (Lipinski definition) is 4. The molecule has 5 heteroatoms. The van der Waals surface area contributed by atoms with Gasteiger partial charge in [-0.2, -0.15) is 0 Å². The van der Waals surface area contributed by atoms with E-state index in [2.05, 4.69) is 11.0 Å². The first-order chi connectivity index (χ1) is 11.7. The van der Waals surface area contributed by atoms with Crippen molar-refractivity contribution in [1.29, 1.82) is 0 Å². The predicted molar refractivity (Wildman–Crippen MR) is 94.0 cm³/mol. The van der Waals surface area contributed by atoms with Crippen molar-refractivity contribution in [3.8, 4) is 0 Å². The summed E-state index contributed by atoms with van der Waals surface area (Å²) in [6.07, 6.45) is 12.3. The van der Waals surface area contributed by atoms with Crippen molar-refractivity contribution in [3.63, 3.8) is 0 Å². The van der Waals surface area contributed by atoms with Crippen LogP contribution in [-0.4, -0.2) is 23.4 Å². The highest BCUT2D eigenvalue weighted by Gasteiger charge is 2.08. The molecule has 1 aromatic carbocycles. The number of hydrogen-bond donors (Lipinski definition) is 2. The van der Waals surface area contributed by atoms with Crippen LogP contribution in [0.4, 0.5) is 5.69 Å². The number of carbonyl (C=O) groups is 2. The zero-order chi connectivity index (χ0) is 17.2. The minimum Gasteiger partial charge on any atom is -0.344 e. The van der Waals surface area contributed by atoms with Gasteiger partial charge in [-0.3, -0.25) is 14.8 Å². The second kappa shape index (κ2) is 9.67. The van der Waals surface area contributed by atoms with Gasteiger partial charge in [-0.25, -0.2) is 5.48 Å². The molecule has 0 saturated heterocycles. The standard InChI is InChI=1S/C19H24N2O3/c22-18(8-4-1-2-5-9-19(23)20-24)16-10-12-17(13-11-16)21-14-6-3-7-15-21/h3,6-7,10-14,24H,1-2,4-5,8-9,15H2,(H,20,23). The minimum atomic E-state index is -0.356. The molecule has 1 aromatic rings. The minimum absolute atomic E-state index is 0.156. The monoisotopic (exact) mass is 328 g/mol. The van der Waals surface area contributed by atoms with Crippen LogP contribution < -0.4 is 10.4 Å². The van der Waals surface area contributed by atoms with Gasteiger partial charge in [0.05, 0.1) is 0 Å². The summed E-state index contributed by atoms with van der Waals surface area (Å²) in [7, 11) is 0. The van der Waals surface area contributed by atoms with E-state index in [1.807, 2.05) is 42.6 Å². The summed E-state index contributed by atoms with van der Waals surface area (Å²) in [5.74, 6) is -0.200. The first-order valence-corrected chi connectivity index (χ1v) is 8.37. The fourth-order valence-electron chi connectivity index (χ4n) is 2.62. The van der Waals surface area contributed by atoms with Gasteiger partial charge in [0.2, 0.25) is 5.91 Å². The van der Waals surface area contributed by atoms with E-state index in [-0.39, 0.29) is 11.7 Å². The topological polar surface area (TPSA) is 69.6 Å². The van der Waals surface area contributed by atoms with Crippen LogP contribution in [0, 0.1) is 0 Å². The Bertz CT molecular complexity index is 606. The molecule has 1 aliphatic rings. The van der Waals surface area contributed by atoms with Gasteiger partial charge in [0.25, 0.3) is 0 Å². The molecule has 0 atom stereocenters. The highest BCUT2D eigenvalue weighted by atomic mass is 16.5. The average molecular weight is 328 g/mol. The summed E-state index contributed by atoms with van der Waals surface area (Å²) < 4.78 is 0. The average Bonchev–Trinajstić information content (AvgIpc) is 2.65. The SMILES string of the molecule is O=C(CCCCCCC(=O)c1ccc(N2C=CC=CC2)cc1)NO. The van der Waals surface area contributed by atoms with E-state index >= 15 is 0 Å². The summed E-state index contributed by atoms with van der Waals surface area (Å²) >= 11 is 0. The van der Waals surface area contributed by atoms with Crippen LogP contribution >= 0.6 is 0 Å². The molecular formula is C19H24N2O3. The maximum Gasteiger partial charge on any atom is 0.243 e. The van der Waals surface area contributed by atoms with Crippen molar-refractivity contribution in [2.24, 2.45) is 0 Å². The molecule has 2 N–H and O–H groups in total. The zero-order valence-corrected chi connectivity index (χ0v) is 13.8. The Balaban J connectivity index is 1.70. The van der Waals surface area contributed by atoms with Crippen molar-refractivity contribution >= 4 is 17.4 Å². The number of nitrogens with one attached hydrogen (secondary N) is 1. The van der Waals surface area contributed by atoms with Crippen molar-refractivity contribution < 1.29 is 14.8 Å². The van der Waals surface area contributed by atoms with E-state index in [9.17, 15) is 9.59 Å². The second-order valence-corrected chi connectivity index (χ2v) is 5.84. The number of unbranched alkanes of at least 4 members (excludes halogenated alkanes) is 3. The molecule has 0 bridgehead atoms. The summed E-state index contributed by atoms with van der Waals surface area (Å²) in [5, 5.41) is 8.38. The van der Waals surface area contributed by atoms with Crippen molar-refractivity contribution in [3.05, 3.63) is 54.3 Å². The number of amides is 1. The Morgan fingerprint density at radius 3 is 2.33 bits per heavy atom. The summed E-state index contributed by atoms with van der Waals surface area (Å²) in [6.45, 7) is 0.845. The van der Waals surface area contributed by atoms with Crippen LogP contribution in [0.15, 0.2) is 48.7 Å². The van der Waals surface area contributed by atoms with E-state index in [4.69, 9.17) is 5.21 Å². The molecule has 0 fully saturated rings. The van der Waals surface area contributed by atoms with Crippen LogP contribution in [0.1, 0.15) is 48.9 Å². The molecule has 1 amide bonds. The number of rotatable bonds is 9. The molecule has 5 nitrogen and oxygen atoms in total. The number of Topliss-reactive ketones (excluding diaryl/α,β-unsaturated/α-hetero) is 1.